The third-order valence-corrected chi connectivity index (χ3v) is 4.14. The van der Waals surface area contributed by atoms with Crippen LogP contribution >= 0.6 is 0 Å². The lowest BCUT2D eigenvalue weighted by molar-refractivity contribution is -0.139. The van der Waals surface area contributed by atoms with Gasteiger partial charge in [-0.05, 0) is 55.2 Å². The molecule has 2 rings (SSSR count). The molecule has 0 N–H and O–H groups in total. The summed E-state index contributed by atoms with van der Waals surface area (Å²) in [6.07, 6.45) is 1.55. The normalized spacial score (nSPS) is 10.5. The van der Waals surface area contributed by atoms with Crippen LogP contribution in [0.3, 0.4) is 0 Å². The van der Waals surface area contributed by atoms with Crippen LogP contribution in [0.2, 0.25) is 0 Å². The Labute approximate surface area is 154 Å². The van der Waals surface area contributed by atoms with Crippen molar-refractivity contribution < 1.29 is 19.1 Å². The minimum atomic E-state index is -0.443. The van der Waals surface area contributed by atoms with E-state index in [1.54, 1.807) is 31.2 Å². The van der Waals surface area contributed by atoms with Crippen molar-refractivity contribution in [2.45, 2.75) is 33.6 Å². The summed E-state index contributed by atoms with van der Waals surface area (Å²) >= 11 is 0. The Morgan fingerprint density at radius 2 is 1.27 bits per heavy atom. The first-order valence-electron chi connectivity index (χ1n) is 8.74. The summed E-state index contributed by atoms with van der Waals surface area (Å²) in [5.74, 6) is 0.312. The molecule has 0 aromatic heterocycles. The van der Waals surface area contributed by atoms with Crippen LogP contribution in [0.4, 0.5) is 0 Å². The fourth-order valence-electron chi connectivity index (χ4n) is 2.45. The summed E-state index contributed by atoms with van der Waals surface area (Å²) in [4.78, 5) is 23.6. The van der Waals surface area contributed by atoms with Crippen LogP contribution < -0.4 is 9.47 Å². The van der Waals surface area contributed by atoms with Crippen LogP contribution in [0.5, 0.6) is 11.5 Å². The molecule has 136 valence electrons. The van der Waals surface area contributed by atoms with Crippen LogP contribution in [0.15, 0.2) is 60.7 Å². The molecule has 0 atom stereocenters. The summed E-state index contributed by atoms with van der Waals surface area (Å²) in [5.41, 5.74) is 2.30. The summed E-state index contributed by atoms with van der Waals surface area (Å²) < 4.78 is 10.6. The number of rotatable bonds is 7. The molecule has 0 spiro atoms. The second-order valence-electron chi connectivity index (χ2n) is 6.15. The first-order valence-corrected chi connectivity index (χ1v) is 8.74. The van der Waals surface area contributed by atoms with E-state index >= 15 is 0 Å². The largest absolute Gasteiger partial charge is 0.426 e. The van der Waals surface area contributed by atoms with Crippen molar-refractivity contribution >= 4 is 11.9 Å². The molecule has 0 radical (unpaired) electrons. The molecule has 0 heterocycles. The maximum atomic E-state index is 12.0. The van der Waals surface area contributed by atoms with Gasteiger partial charge in [0.05, 0.1) is 5.92 Å². The molecule has 2 aromatic carbocycles. The van der Waals surface area contributed by atoms with Gasteiger partial charge in [0, 0.05) is 5.57 Å². The highest BCUT2D eigenvalue weighted by Gasteiger charge is 2.16. The molecule has 0 aliphatic rings. The van der Waals surface area contributed by atoms with E-state index in [1.165, 1.54) is 0 Å². The van der Waals surface area contributed by atoms with E-state index in [0.29, 0.717) is 17.1 Å². The number of hydrogen-bond donors (Lipinski definition) is 0. The van der Waals surface area contributed by atoms with Crippen molar-refractivity contribution in [2.24, 2.45) is 5.92 Å². The van der Waals surface area contributed by atoms with E-state index in [9.17, 15) is 9.59 Å². The van der Waals surface area contributed by atoms with Gasteiger partial charge < -0.3 is 9.47 Å². The standard InChI is InChI=1S/C22H24O4/c1-5-16(6-2)22(24)26-20-13-9-18(10-14-20)17-7-11-19(12-8-17)25-21(23)15(3)4/h7-14,16H,3,5-6H2,1-2,4H3. The average molecular weight is 352 g/mol. The molecule has 0 aliphatic heterocycles. The molecule has 0 unspecified atom stereocenters. The highest BCUT2D eigenvalue weighted by Crippen LogP contribution is 2.25. The minimum absolute atomic E-state index is 0.0656. The fourth-order valence-corrected chi connectivity index (χ4v) is 2.45. The second kappa shape index (κ2) is 8.99. The lowest BCUT2D eigenvalue weighted by Gasteiger charge is -2.12. The van der Waals surface area contributed by atoms with Gasteiger partial charge in [0.15, 0.2) is 0 Å². The number of hydrogen-bond acceptors (Lipinski definition) is 4. The van der Waals surface area contributed by atoms with Gasteiger partial charge in [-0.2, -0.15) is 0 Å². The Kier molecular flexibility index (Phi) is 6.73. The van der Waals surface area contributed by atoms with Crippen molar-refractivity contribution in [3.05, 3.63) is 60.7 Å². The molecule has 4 heteroatoms. The monoisotopic (exact) mass is 352 g/mol. The maximum Gasteiger partial charge on any atom is 0.338 e. The molecule has 0 bridgehead atoms. The SMILES string of the molecule is C=C(C)C(=O)Oc1ccc(-c2ccc(OC(=O)C(CC)CC)cc2)cc1. The van der Waals surface area contributed by atoms with E-state index in [4.69, 9.17) is 9.47 Å². The Bertz CT molecular complexity index is 769. The maximum absolute atomic E-state index is 12.0. The number of carbonyl (C=O) groups is 2. The molecule has 0 saturated heterocycles. The molecule has 0 fully saturated rings. The van der Waals surface area contributed by atoms with Gasteiger partial charge in [-0.3, -0.25) is 4.79 Å². The van der Waals surface area contributed by atoms with Gasteiger partial charge in [-0.1, -0.05) is 44.7 Å². The third-order valence-electron chi connectivity index (χ3n) is 4.14. The Hall–Kier alpha value is -2.88. The van der Waals surface area contributed by atoms with Gasteiger partial charge >= 0.3 is 11.9 Å². The number of benzene rings is 2. The Balaban J connectivity index is 2.05. The highest BCUT2D eigenvalue weighted by atomic mass is 16.5. The quantitative estimate of drug-likeness (QED) is 0.391. The van der Waals surface area contributed by atoms with E-state index in [1.807, 2.05) is 38.1 Å². The summed E-state index contributed by atoms with van der Waals surface area (Å²) in [6.45, 7) is 9.13. The number of ether oxygens (including phenoxy) is 2. The zero-order valence-electron chi connectivity index (χ0n) is 15.5. The van der Waals surface area contributed by atoms with E-state index in [2.05, 4.69) is 6.58 Å². The Morgan fingerprint density at radius 3 is 1.65 bits per heavy atom. The zero-order chi connectivity index (χ0) is 19.1. The summed E-state index contributed by atoms with van der Waals surface area (Å²) in [6, 6.07) is 14.6. The van der Waals surface area contributed by atoms with Crippen LogP contribution in [-0.2, 0) is 9.59 Å². The van der Waals surface area contributed by atoms with Crippen LogP contribution in [0, 0.1) is 5.92 Å². The minimum Gasteiger partial charge on any atom is -0.426 e. The van der Waals surface area contributed by atoms with Crippen LogP contribution in [0.1, 0.15) is 33.6 Å². The first kappa shape index (κ1) is 19.4. The zero-order valence-corrected chi connectivity index (χ0v) is 15.5. The van der Waals surface area contributed by atoms with Crippen molar-refractivity contribution in [3.63, 3.8) is 0 Å². The lowest BCUT2D eigenvalue weighted by Crippen LogP contribution is -2.19. The molecule has 0 amide bonds. The molecule has 0 saturated carbocycles. The van der Waals surface area contributed by atoms with E-state index < -0.39 is 5.97 Å². The van der Waals surface area contributed by atoms with Crippen molar-refractivity contribution in [1.29, 1.82) is 0 Å². The van der Waals surface area contributed by atoms with Gasteiger partial charge in [0.25, 0.3) is 0 Å². The molecular formula is C22H24O4. The topological polar surface area (TPSA) is 52.6 Å². The molecule has 0 aliphatic carbocycles. The van der Waals surface area contributed by atoms with Crippen LogP contribution in [0.25, 0.3) is 11.1 Å². The summed E-state index contributed by atoms with van der Waals surface area (Å²) in [7, 11) is 0. The number of esters is 2. The van der Waals surface area contributed by atoms with Crippen molar-refractivity contribution in [1.82, 2.24) is 0 Å². The molecule has 2 aromatic rings. The predicted octanol–water partition coefficient (Wildman–Crippen LogP) is 5.18. The first-order chi connectivity index (χ1) is 12.4. The van der Waals surface area contributed by atoms with E-state index in [-0.39, 0.29) is 11.9 Å². The van der Waals surface area contributed by atoms with Crippen molar-refractivity contribution in [2.75, 3.05) is 0 Å². The van der Waals surface area contributed by atoms with Crippen molar-refractivity contribution in [3.8, 4) is 22.6 Å². The number of carbonyl (C=O) groups excluding carboxylic acids is 2. The Morgan fingerprint density at radius 1 is 0.846 bits per heavy atom. The van der Waals surface area contributed by atoms with Gasteiger partial charge in [-0.15, -0.1) is 0 Å². The molecule has 26 heavy (non-hydrogen) atoms. The van der Waals surface area contributed by atoms with Gasteiger partial charge in [0.2, 0.25) is 0 Å². The molecule has 4 nitrogen and oxygen atoms in total. The van der Waals surface area contributed by atoms with Gasteiger partial charge in [0.1, 0.15) is 11.5 Å². The summed E-state index contributed by atoms with van der Waals surface area (Å²) in [5, 5.41) is 0. The van der Waals surface area contributed by atoms with Gasteiger partial charge in [-0.25, -0.2) is 4.79 Å². The average Bonchev–Trinajstić information content (AvgIpc) is 2.64. The third kappa shape index (κ3) is 5.06. The van der Waals surface area contributed by atoms with E-state index in [0.717, 1.165) is 24.0 Å². The fraction of sp³-hybridized carbons (Fsp3) is 0.273. The molecular weight excluding hydrogens is 328 g/mol. The smallest absolute Gasteiger partial charge is 0.338 e. The second-order valence-corrected chi connectivity index (χ2v) is 6.15. The van der Waals surface area contributed by atoms with Crippen LogP contribution in [-0.4, -0.2) is 11.9 Å². The highest BCUT2D eigenvalue weighted by molar-refractivity contribution is 5.88. The predicted molar refractivity (Wildman–Crippen MR) is 102 cm³/mol. The lowest BCUT2D eigenvalue weighted by atomic mass is 10.0.